The molecule has 41 heavy (non-hydrogen) atoms. The number of anilines is 2. The molecular weight excluding hydrogens is 525 g/mol. The summed E-state index contributed by atoms with van der Waals surface area (Å²) in [5.41, 5.74) is 3.82. The molecule has 2 atom stereocenters. The number of carboxylic acids is 1. The molecule has 3 N–H and O–H groups in total. The monoisotopic (exact) mass is 565 g/mol. The third-order valence-corrected chi connectivity index (χ3v) is 7.06. The number of pyridine rings is 2. The van der Waals surface area contributed by atoms with Crippen molar-refractivity contribution < 1.29 is 19.0 Å². The van der Waals surface area contributed by atoms with Crippen molar-refractivity contribution in [3.63, 3.8) is 0 Å². The second-order valence-electron chi connectivity index (χ2n) is 10.4. The molecule has 0 unspecified atom stereocenters. The minimum atomic E-state index is -1.16. The van der Waals surface area contributed by atoms with Gasteiger partial charge in [0.2, 0.25) is 0 Å². The van der Waals surface area contributed by atoms with E-state index in [4.69, 9.17) is 9.72 Å². The number of unbranched alkanes of at least 4 members (excludes halogenated alkanes) is 1. The van der Waals surface area contributed by atoms with Crippen LogP contribution < -0.4 is 10.6 Å². The molecule has 0 aliphatic carbocycles. The number of carbonyl (C=O) groups is 1. The van der Waals surface area contributed by atoms with E-state index in [-0.39, 0.29) is 19.6 Å². The predicted molar refractivity (Wildman–Crippen MR) is 157 cm³/mol. The van der Waals surface area contributed by atoms with E-state index < -0.39 is 18.2 Å². The number of carboxylic acid groups (broad SMARTS) is 1. The van der Waals surface area contributed by atoms with Crippen LogP contribution in [0.25, 0.3) is 11.4 Å². The number of rotatable bonds is 16. The minimum Gasteiger partial charge on any atom is -0.480 e. The molecule has 10 nitrogen and oxygen atoms in total. The van der Waals surface area contributed by atoms with Gasteiger partial charge in [-0.1, -0.05) is 6.07 Å². The number of aliphatic carboxylic acids is 1. The van der Waals surface area contributed by atoms with Crippen LogP contribution in [0.2, 0.25) is 0 Å². The fourth-order valence-corrected chi connectivity index (χ4v) is 4.98. The molecule has 0 saturated heterocycles. The molecule has 4 heterocycles. The van der Waals surface area contributed by atoms with Gasteiger partial charge in [-0.3, -0.25) is 4.98 Å². The summed E-state index contributed by atoms with van der Waals surface area (Å²) in [6, 6.07) is 8.68. The molecular formula is C30H40FN7O3. The van der Waals surface area contributed by atoms with Gasteiger partial charge in [-0.25, -0.2) is 24.1 Å². The Morgan fingerprint density at radius 1 is 1.17 bits per heavy atom. The Balaban J connectivity index is 1.34. The van der Waals surface area contributed by atoms with Gasteiger partial charge in [0.1, 0.15) is 23.8 Å². The zero-order valence-corrected chi connectivity index (χ0v) is 23.9. The molecule has 1 aliphatic rings. The molecule has 0 aromatic carbocycles. The smallest absolute Gasteiger partial charge is 0.326 e. The molecule has 0 bridgehead atoms. The van der Waals surface area contributed by atoms with E-state index in [9.17, 15) is 14.3 Å². The number of hydrogen-bond acceptors (Lipinski definition) is 9. The normalized spacial score (nSPS) is 14.2. The number of fused-ring (bicyclic) bond motifs is 1. The minimum absolute atomic E-state index is 0.00114. The van der Waals surface area contributed by atoms with Gasteiger partial charge in [0.25, 0.3) is 0 Å². The molecule has 0 fully saturated rings. The number of hydrogen-bond donors (Lipinski definition) is 3. The Morgan fingerprint density at radius 2 is 2.00 bits per heavy atom. The summed E-state index contributed by atoms with van der Waals surface area (Å²) in [6.07, 6.45) is 7.22. The fraction of sp³-hybridized carbons (Fsp3) is 0.500. The number of aromatic nitrogens is 4. The lowest BCUT2D eigenvalue weighted by atomic mass is 10.1. The van der Waals surface area contributed by atoms with Crippen LogP contribution in [0.3, 0.4) is 0 Å². The quantitative estimate of drug-likeness (QED) is 0.218. The van der Waals surface area contributed by atoms with Crippen molar-refractivity contribution in [2.75, 3.05) is 50.5 Å². The zero-order chi connectivity index (χ0) is 29.0. The highest BCUT2D eigenvalue weighted by Crippen LogP contribution is 2.21. The Hall–Kier alpha value is -3.70. The van der Waals surface area contributed by atoms with Gasteiger partial charge >= 0.3 is 5.97 Å². The van der Waals surface area contributed by atoms with E-state index in [1.54, 1.807) is 30.6 Å². The van der Waals surface area contributed by atoms with Crippen LogP contribution in [0, 0.1) is 6.92 Å². The molecule has 3 aromatic heterocycles. The third-order valence-electron chi connectivity index (χ3n) is 7.06. The molecule has 0 saturated carbocycles. The van der Waals surface area contributed by atoms with Crippen molar-refractivity contribution in [1.82, 2.24) is 24.8 Å². The lowest BCUT2D eigenvalue weighted by molar-refractivity contribution is -0.138. The summed E-state index contributed by atoms with van der Waals surface area (Å²) in [5.74, 6) is 0.921. The van der Waals surface area contributed by atoms with Crippen molar-refractivity contribution in [2.24, 2.45) is 0 Å². The van der Waals surface area contributed by atoms with E-state index in [1.165, 1.54) is 12.7 Å². The molecule has 220 valence electrons. The van der Waals surface area contributed by atoms with E-state index in [0.717, 1.165) is 55.7 Å². The number of aryl methyl sites for hydroxylation is 3. The molecule has 0 radical (unpaired) electrons. The first-order chi connectivity index (χ1) is 19.9. The maximum Gasteiger partial charge on any atom is 0.326 e. The third kappa shape index (κ3) is 9.43. The fourth-order valence-electron chi connectivity index (χ4n) is 4.98. The van der Waals surface area contributed by atoms with E-state index in [2.05, 4.69) is 37.7 Å². The SMILES string of the molecule is COC[C@@H](F)CN(CCCCc1ccc2c(n1)NCCC2)CC[C@H](Nc1cc(C)nc(-c2ccncc2)n1)C(=O)O. The Labute approximate surface area is 240 Å². The van der Waals surface area contributed by atoms with Crippen molar-refractivity contribution in [3.05, 3.63) is 59.7 Å². The highest BCUT2D eigenvalue weighted by Gasteiger charge is 2.21. The molecule has 1 aliphatic heterocycles. The van der Waals surface area contributed by atoms with Gasteiger partial charge in [0.15, 0.2) is 5.82 Å². The summed E-state index contributed by atoms with van der Waals surface area (Å²) in [5, 5.41) is 16.4. The number of nitrogens with one attached hydrogen (secondary N) is 2. The topological polar surface area (TPSA) is 125 Å². The predicted octanol–water partition coefficient (Wildman–Crippen LogP) is 4.16. The van der Waals surface area contributed by atoms with Crippen LogP contribution in [0.4, 0.5) is 16.0 Å². The lowest BCUT2D eigenvalue weighted by Gasteiger charge is -2.26. The van der Waals surface area contributed by atoms with Crippen LogP contribution in [-0.2, 0) is 22.4 Å². The maximum atomic E-state index is 14.5. The standard InChI is InChI=1S/C30H40FN7O3/c1-21-18-27(37-29(34-21)23-10-14-32-15-11-23)36-26(30(39)40)12-17-38(19-24(31)20-41-2)16-4-3-7-25-9-8-22-6-5-13-33-28(22)35-25/h8-11,14-15,18,24,26H,3-7,12-13,16-17,19-20H2,1-2H3,(H,33,35)(H,39,40)(H,34,36,37)/t24-,26-/m0/s1. The Bertz CT molecular complexity index is 1260. The molecule has 11 heteroatoms. The number of halogens is 1. The molecule has 4 rings (SSSR count). The average Bonchev–Trinajstić information content (AvgIpc) is 2.97. The van der Waals surface area contributed by atoms with E-state index in [1.807, 2.05) is 11.8 Å². The van der Waals surface area contributed by atoms with Gasteiger partial charge in [0, 0.05) is 62.2 Å². The summed E-state index contributed by atoms with van der Waals surface area (Å²) in [4.78, 5) is 31.9. The van der Waals surface area contributed by atoms with Gasteiger partial charge in [0.05, 0.1) is 6.61 Å². The number of methoxy groups -OCH3 is 1. The first-order valence-electron chi connectivity index (χ1n) is 14.2. The summed E-state index contributed by atoms with van der Waals surface area (Å²) >= 11 is 0. The Kier molecular flexibility index (Phi) is 11.3. The van der Waals surface area contributed by atoms with E-state index in [0.29, 0.717) is 30.4 Å². The summed E-state index contributed by atoms with van der Waals surface area (Å²) in [6.45, 7) is 4.04. The van der Waals surface area contributed by atoms with Crippen LogP contribution >= 0.6 is 0 Å². The van der Waals surface area contributed by atoms with Crippen molar-refractivity contribution >= 4 is 17.6 Å². The second-order valence-corrected chi connectivity index (χ2v) is 10.4. The van der Waals surface area contributed by atoms with Gasteiger partial charge < -0.3 is 25.4 Å². The van der Waals surface area contributed by atoms with Crippen molar-refractivity contribution in [3.8, 4) is 11.4 Å². The molecule has 0 spiro atoms. The highest BCUT2D eigenvalue weighted by atomic mass is 19.1. The average molecular weight is 566 g/mol. The summed E-state index contributed by atoms with van der Waals surface area (Å²) < 4.78 is 19.5. The lowest BCUT2D eigenvalue weighted by Crippen LogP contribution is -2.38. The van der Waals surface area contributed by atoms with Crippen LogP contribution in [-0.4, -0.2) is 88.0 Å². The van der Waals surface area contributed by atoms with Crippen LogP contribution in [0.15, 0.2) is 42.7 Å². The van der Waals surface area contributed by atoms with Crippen LogP contribution in [0.5, 0.6) is 0 Å². The van der Waals surface area contributed by atoms with Gasteiger partial charge in [-0.05, 0) is 75.8 Å². The highest BCUT2D eigenvalue weighted by molar-refractivity contribution is 5.77. The van der Waals surface area contributed by atoms with Crippen LogP contribution in [0.1, 0.15) is 42.6 Å². The summed E-state index contributed by atoms with van der Waals surface area (Å²) in [7, 11) is 1.48. The van der Waals surface area contributed by atoms with Crippen molar-refractivity contribution in [1.29, 1.82) is 0 Å². The largest absolute Gasteiger partial charge is 0.480 e. The first-order valence-corrected chi connectivity index (χ1v) is 14.2. The second kappa shape index (κ2) is 15.3. The molecule has 3 aromatic rings. The van der Waals surface area contributed by atoms with E-state index >= 15 is 0 Å². The number of ether oxygens (including phenoxy) is 1. The first kappa shape index (κ1) is 30.3. The number of alkyl halides is 1. The number of nitrogens with zero attached hydrogens (tertiary/aromatic N) is 5. The van der Waals surface area contributed by atoms with Crippen molar-refractivity contribution in [2.45, 2.75) is 57.7 Å². The Morgan fingerprint density at radius 3 is 2.78 bits per heavy atom. The molecule has 0 amide bonds. The maximum absolute atomic E-state index is 14.5. The van der Waals surface area contributed by atoms with Gasteiger partial charge in [-0.2, -0.15) is 0 Å². The zero-order valence-electron chi connectivity index (χ0n) is 23.9. The van der Waals surface area contributed by atoms with Gasteiger partial charge in [-0.15, -0.1) is 0 Å².